The molecule has 8 heteroatoms. The van der Waals surface area contributed by atoms with Crippen LogP contribution in [0.25, 0.3) is 5.69 Å². The smallest absolute Gasteiger partial charge is 0.340 e. The van der Waals surface area contributed by atoms with E-state index in [-0.39, 0.29) is 10.6 Å². The number of rotatable bonds is 3. The molecule has 0 aliphatic rings. The van der Waals surface area contributed by atoms with E-state index in [4.69, 9.17) is 0 Å². The number of ether oxygens (including phenoxy) is 1. The average molecular weight is 298 g/mol. The number of nitrogens with zero attached hydrogens (tertiary/aromatic N) is 2. The molecule has 0 spiro atoms. The molecule has 0 saturated heterocycles. The number of hydrogen-bond donors (Lipinski definition) is 0. The van der Waals surface area contributed by atoms with Crippen molar-refractivity contribution in [2.45, 2.75) is 4.90 Å². The minimum absolute atomic E-state index is 0.0788. The summed E-state index contributed by atoms with van der Waals surface area (Å²) in [5, 5.41) is 0. The number of imidazole rings is 1. The monoisotopic (exact) mass is 298 g/mol. The van der Waals surface area contributed by atoms with Crippen LogP contribution in [0.5, 0.6) is 0 Å². The van der Waals surface area contributed by atoms with E-state index in [9.17, 15) is 17.6 Å². The molecule has 20 heavy (non-hydrogen) atoms. The van der Waals surface area contributed by atoms with E-state index in [1.54, 1.807) is 0 Å². The summed E-state index contributed by atoms with van der Waals surface area (Å²) in [6.07, 6.45) is 5.21. The molecular formula is C12H11FN2O4S. The highest BCUT2D eigenvalue weighted by molar-refractivity contribution is 7.90. The van der Waals surface area contributed by atoms with Crippen molar-refractivity contribution in [2.24, 2.45) is 0 Å². The number of methoxy groups -OCH3 is 1. The minimum Gasteiger partial charge on any atom is -0.465 e. The van der Waals surface area contributed by atoms with Crippen molar-refractivity contribution in [3.8, 4) is 5.69 Å². The van der Waals surface area contributed by atoms with E-state index in [1.807, 2.05) is 0 Å². The van der Waals surface area contributed by atoms with Crippen molar-refractivity contribution in [1.29, 1.82) is 0 Å². The standard InChI is InChI=1S/C12H11FN2O4S/c1-19-12(16)8-5-11(20(2,17)18)10(6-9(8)13)15-4-3-14-7-15/h3-7H,1-2H3. The number of carbonyl (C=O) groups excluding carboxylic acids is 1. The molecule has 0 aliphatic heterocycles. The molecule has 0 saturated carbocycles. The minimum atomic E-state index is -3.66. The van der Waals surface area contributed by atoms with Gasteiger partial charge in [-0.3, -0.25) is 0 Å². The Labute approximate surface area is 114 Å². The molecule has 0 fully saturated rings. The second-order valence-electron chi connectivity index (χ2n) is 4.03. The first-order valence-corrected chi connectivity index (χ1v) is 7.34. The maximum Gasteiger partial charge on any atom is 0.340 e. The van der Waals surface area contributed by atoms with Crippen molar-refractivity contribution in [2.75, 3.05) is 13.4 Å². The van der Waals surface area contributed by atoms with Crippen molar-refractivity contribution in [3.63, 3.8) is 0 Å². The van der Waals surface area contributed by atoms with E-state index >= 15 is 0 Å². The fraction of sp³-hybridized carbons (Fsp3) is 0.167. The normalized spacial score (nSPS) is 11.3. The molecule has 1 aromatic heterocycles. The predicted octanol–water partition coefficient (Wildman–Crippen LogP) is 1.20. The maximum atomic E-state index is 13.9. The molecule has 2 rings (SSSR count). The first-order valence-electron chi connectivity index (χ1n) is 5.45. The third-order valence-corrected chi connectivity index (χ3v) is 3.76. The second kappa shape index (κ2) is 5.04. The molecule has 1 heterocycles. The summed E-state index contributed by atoms with van der Waals surface area (Å²) in [6.45, 7) is 0. The third-order valence-electron chi connectivity index (χ3n) is 2.64. The lowest BCUT2D eigenvalue weighted by Gasteiger charge is -2.11. The van der Waals surface area contributed by atoms with E-state index in [0.29, 0.717) is 0 Å². The quantitative estimate of drug-likeness (QED) is 0.628. The summed E-state index contributed by atoms with van der Waals surface area (Å²) in [5.41, 5.74) is -0.355. The van der Waals surface area contributed by atoms with Gasteiger partial charge in [-0.25, -0.2) is 22.6 Å². The van der Waals surface area contributed by atoms with Crippen LogP contribution in [-0.2, 0) is 14.6 Å². The molecule has 1 aromatic carbocycles. The van der Waals surface area contributed by atoms with Gasteiger partial charge in [-0.15, -0.1) is 0 Å². The summed E-state index contributed by atoms with van der Waals surface area (Å²) >= 11 is 0. The Balaban J connectivity index is 2.76. The highest BCUT2D eigenvalue weighted by Crippen LogP contribution is 2.24. The van der Waals surface area contributed by atoms with Crippen LogP contribution in [0.4, 0.5) is 4.39 Å². The first-order chi connectivity index (χ1) is 9.34. The van der Waals surface area contributed by atoms with Crippen LogP contribution in [0.1, 0.15) is 10.4 Å². The molecule has 106 valence electrons. The van der Waals surface area contributed by atoms with E-state index in [1.165, 1.54) is 23.3 Å². The fourth-order valence-electron chi connectivity index (χ4n) is 1.71. The van der Waals surface area contributed by atoms with Gasteiger partial charge in [-0.05, 0) is 6.07 Å². The van der Waals surface area contributed by atoms with Crippen LogP contribution in [0, 0.1) is 5.82 Å². The zero-order valence-electron chi connectivity index (χ0n) is 10.7. The van der Waals surface area contributed by atoms with Crippen LogP contribution in [0.2, 0.25) is 0 Å². The molecule has 0 aliphatic carbocycles. The van der Waals surface area contributed by atoms with Gasteiger partial charge in [0.2, 0.25) is 0 Å². The average Bonchev–Trinajstić information content (AvgIpc) is 2.89. The first kappa shape index (κ1) is 14.2. The Morgan fingerprint density at radius 2 is 2.10 bits per heavy atom. The SMILES string of the molecule is COC(=O)c1cc(S(C)(=O)=O)c(-n2ccnc2)cc1F. The lowest BCUT2D eigenvalue weighted by atomic mass is 10.2. The van der Waals surface area contributed by atoms with Gasteiger partial charge in [0, 0.05) is 24.7 Å². The molecule has 2 aromatic rings. The largest absolute Gasteiger partial charge is 0.465 e. The van der Waals surface area contributed by atoms with Gasteiger partial charge in [0.1, 0.15) is 5.82 Å². The molecule has 0 unspecified atom stereocenters. The van der Waals surface area contributed by atoms with Gasteiger partial charge in [0.05, 0.1) is 29.6 Å². The van der Waals surface area contributed by atoms with Crippen LogP contribution >= 0.6 is 0 Å². The number of halogens is 1. The van der Waals surface area contributed by atoms with Crippen molar-refractivity contribution in [1.82, 2.24) is 9.55 Å². The Morgan fingerprint density at radius 3 is 2.60 bits per heavy atom. The fourth-order valence-corrected chi connectivity index (χ4v) is 2.59. The summed E-state index contributed by atoms with van der Waals surface area (Å²) in [5.74, 6) is -1.81. The predicted molar refractivity (Wildman–Crippen MR) is 68.0 cm³/mol. The zero-order chi connectivity index (χ0) is 14.9. The molecule has 0 atom stereocenters. The summed E-state index contributed by atoms with van der Waals surface area (Å²) < 4.78 is 43.3. The molecule has 0 radical (unpaired) electrons. The van der Waals surface area contributed by atoms with Gasteiger partial charge < -0.3 is 9.30 Å². The molecule has 6 nitrogen and oxygen atoms in total. The van der Waals surface area contributed by atoms with Crippen LogP contribution in [0.3, 0.4) is 0 Å². The Kier molecular flexibility index (Phi) is 3.58. The Hall–Kier alpha value is -2.22. The summed E-state index contributed by atoms with van der Waals surface area (Å²) in [6, 6.07) is 1.93. The second-order valence-corrected chi connectivity index (χ2v) is 6.02. The van der Waals surface area contributed by atoms with Crippen molar-refractivity contribution < 1.29 is 22.3 Å². The number of sulfone groups is 1. The van der Waals surface area contributed by atoms with Gasteiger partial charge in [0.15, 0.2) is 9.84 Å². The van der Waals surface area contributed by atoms with Gasteiger partial charge in [0.25, 0.3) is 0 Å². The number of esters is 1. The van der Waals surface area contributed by atoms with E-state index < -0.39 is 27.2 Å². The van der Waals surface area contributed by atoms with Gasteiger partial charge in [-0.2, -0.15) is 0 Å². The van der Waals surface area contributed by atoms with Crippen LogP contribution in [-0.4, -0.2) is 37.3 Å². The van der Waals surface area contributed by atoms with Gasteiger partial charge >= 0.3 is 5.97 Å². The summed E-state index contributed by atoms with van der Waals surface area (Å²) in [7, 11) is -2.57. The van der Waals surface area contributed by atoms with E-state index in [2.05, 4.69) is 9.72 Å². The third kappa shape index (κ3) is 2.55. The lowest BCUT2D eigenvalue weighted by molar-refractivity contribution is 0.0595. The summed E-state index contributed by atoms with van der Waals surface area (Å²) in [4.78, 5) is 15.0. The molecule has 0 N–H and O–H groups in total. The van der Waals surface area contributed by atoms with Crippen LogP contribution in [0.15, 0.2) is 35.7 Å². The van der Waals surface area contributed by atoms with Gasteiger partial charge in [-0.1, -0.05) is 0 Å². The van der Waals surface area contributed by atoms with Crippen molar-refractivity contribution >= 4 is 15.8 Å². The topological polar surface area (TPSA) is 78.3 Å². The number of benzene rings is 1. The Bertz CT molecular complexity index is 754. The van der Waals surface area contributed by atoms with Crippen LogP contribution < -0.4 is 0 Å². The van der Waals surface area contributed by atoms with E-state index in [0.717, 1.165) is 25.5 Å². The Morgan fingerprint density at radius 1 is 1.40 bits per heavy atom. The zero-order valence-corrected chi connectivity index (χ0v) is 11.5. The highest BCUT2D eigenvalue weighted by atomic mass is 32.2. The molecular weight excluding hydrogens is 287 g/mol. The molecule has 0 bridgehead atoms. The maximum absolute atomic E-state index is 13.9. The van der Waals surface area contributed by atoms with Crippen molar-refractivity contribution in [3.05, 3.63) is 42.2 Å². The number of carbonyl (C=O) groups is 1. The highest BCUT2D eigenvalue weighted by Gasteiger charge is 2.22. The number of aromatic nitrogens is 2. The lowest BCUT2D eigenvalue weighted by Crippen LogP contribution is -2.11. The molecule has 0 amide bonds. The number of hydrogen-bond acceptors (Lipinski definition) is 5.